The van der Waals surface area contributed by atoms with Crippen LogP contribution in [0.25, 0.3) is 10.2 Å². The van der Waals surface area contributed by atoms with Gasteiger partial charge in [0.25, 0.3) is 0 Å². The Morgan fingerprint density at radius 1 is 1.39 bits per heavy atom. The van der Waals surface area contributed by atoms with Crippen LogP contribution in [0.1, 0.15) is 13.8 Å². The smallest absolute Gasteiger partial charge is 0.241 e. The summed E-state index contributed by atoms with van der Waals surface area (Å²) >= 11 is 1.57. The second-order valence-corrected chi connectivity index (χ2v) is 4.69. The average molecular weight is 264 g/mol. The first-order valence-electron chi connectivity index (χ1n) is 5.96. The number of rotatable bonds is 5. The number of amides is 1. The lowest BCUT2D eigenvalue weighted by Crippen LogP contribution is -2.35. The van der Waals surface area contributed by atoms with Crippen LogP contribution in [-0.4, -0.2) is 40.4 Å². The summed E-state index contributed by atoms with van der Waals surface area (Å²) in [5.74, 6) is 0.818. The van der Waals surface area contributed by atoms with E-state index in [9.17, 15) is 4.79 Å². The Labute approximate surface area is 110 Å². The first-order chi connectivity index (χ1) is 8.76. The van der Waals surface area contributed by atoms with Gasteiger partial charge in [-0.05, 0) is 25.3 Å². The molecular weight excluding hydrogens is 248 g/mol. The largest absolute Gasteiger partial charge is 0.360 e. The molecule has 0 aliphatic heterocycles. The molecule has 5 nitrogen and oxygen atoms in total. The highest BCUT2D eigenvalue weighted by Gasteiger charge is 2.10. The van der Waals surface area contributed by atoms with Crippen LogP contribution in [0.4, 0.5) is 5.82 Å². The summed E-state index contributed by atoms with van der Waals surface area (Å²) < 4.78 is 0.991. The van der Waals surface area contributed by atoms with Gasteiger partial charge in [-0.25, -0.2) is 9.97 Å². The van der Waals surface area contributed by atoms with E-state index in [2.05, 4.69) is 15.3 Å². The third kappa shape index (κ3) is 2.59. The molecule has 2 heterocycles. The second-order valence-electron chi connectivity index (χ2n) is 3.78. The van der Waals surface area contributed by atoms with Gasteiger partial charge in [0.15, 0.2) is 0 Å². The minimum atomic E-state index is 0.0864. The number of fused-ring (bicyclic) bond motifs is 1. The lowest BCUT2D eigenvalue weighted by atomic mass is 10.4. The van der Waals surface area contributed by atoms with Gasteiger partial charge >= 0.3 is 0 Å². The van der Waals surface area contributed by atoms with Crippen molar-refractivity contribution >= 4 is 33.3 Å². The van der Waals surface area contributed by atoms with Gasteiger partial charge in [-0.15, -0.1) is 11.3 Å². The Morgan fingerprint density at radius 3 is 2.89 bits per heavy atom. The molecule has 0 fully saturated rings. The van der Waals surface area contributed by atoms with Gasteiger partial charge in [-0.1, -0.05) is 0 Å². The van der Waals surface area contributed by atoms with E-state index >= 15 is 0 Å². The van der Waals surface area contributed by atoms with Crippen LogP contribution in [0.2, 0.25) is 0 Å². The molecule has 0 unspecified atom stereocenters. The first kappa shape index (κ1) is 12.8. The number of hydrogen-bond donors (Lipinski definition) is 1. The third-order valence-electron chi connectivity index (χ3n) is 2.77. The summed E-state index contributed by atoms with van der Waals surface area (Å²) in [6.07, 6.45) is 1.51. The summed E-state index contributed by atoms with van der Waals surface area (Å²) in [5.41, 5.74) is 0.910. The maximum Gasteiger partial charge on any atom is 0.241 e. The second kappa shape index (κ2) is 5.77. The van der Waals surface area contributed by atoms with E-state index < -0.39 is 0 Å². The molecule has 0 bridgehead atoms. The number of carbonyl (C=O) groups excluding carboxylic acids is 1. The van der Waals surface area contributed by atoms with Crippen molar-refractivity contribution in [3.05, 3.63) is 17.8 Å². The lowest BCUT2D eigenvalue weighted by Gasteiger charge is -2.18. The summed E-state index contributed by atoms with van der Waals surface area (Å²) in [6.45, 7) is 5.68. The number of nitrogens with one attached hydrogen (secondary N) is 1. The lowest BCUT2D eigenvalue weighted by molar-refractivity contribution is -0.128. The van der Waals surface area contributed by atoms with E-state index in [0.29, 0.717) is 0 Å². The summed E-state index contributed by atoms with van der Waals surface area (Å²) in [6, 6.07) is 1.94. The Balaban J connectivity index is 2.06. The molecule has 1 N–H and O–H groups in total. The molecular formula is C12H16N4OS. The number of anilines is 1. The van der Waals surface area contributed by atoms with Crippen molar-refractivity contribution in [3.8, 4) is 0 Å². The zero-order chi connectivity index (χ0) is 13.0. The molecule has 0 aliphatic rings. The van der Waals surface area contributed by atoms with E-state index in [1.165, 1.54) is 6.33 Å². The number of nitrogens with zero attached hydrogens (tertiary/aromatic N) is 3. The zero-order valence-corrected chi connectivity index (χ0v) is 11.3. The summed E-state index contributed by atoms with van der Waals surface area (Å²) in [4.78, 5) is 22.0. The number of aromatic nitrogens is 2. The number of likely N-dealkylation sites (N-methyl/N-ethyl adjacent to an activating group) is 1. The van der Waals surface area contributed by atoms with Crippen molar-refractivity contribution in [1.82, 2.24) is 14.9 Å². The highest BCUT2D eigenvalue weighted by Crippen LogP contribution is 2.24. The van der Waals surface area contributed by atoms with Crippen LogP contribution in [0.15, 0.2) is 17.8 Å². The van der Waals surface area contributed by atoms with Gasteiger partial charge in [0.05, 0.1) is 16.8 Å². The van der Waals surface area contributed by atoms with Crippen molar-refractivity contribution in [1.29, 1.82) is 0 Å². The Morgan fingerprint density at radius 2 is 2.17 bits per heavy atom. The normalized spacial score (nSPS) is 10.6. The van der Waals surface area contributed by atoms with E-state index in [1.54, 1.807) is 16.2 Å². The zero-order valence-electron chi connectivity index (χ0n) is 10.5. The highest BCUT2D eigenvalue weighted by atomic mass is 32.1. The molecule has 0 radical (unpaired) electrons. The Kier molecular flexibility index (Phi) is 4.09. The summed E-state index contributed by atoms with van der Waals surface area (Å²) in [5, 5.41) is 5.06. The predicted octanol–water partition coefficient (Wildman–Crippen LogP) is 1.97. The van der Waals surface area contributed by atoms with Gasteiger partial charge in [0.1, 0.15) is 12.1 Å². The molecule has 0 atom stereocenters. The highest BCUT2D eigenvalue weighted by molar-refractivity contribution is 7.17. The van der Waals surface area contributed by atoms with E-state index in [-0.39, 0.29) is 12.5 Å². The van der Waals surface area contributed by atoms with Crippen LogP contribution in [0, 0.1) is 0 Å². The molecule has 2 rings (SSSR count). The molecule has 2 aromatic rings. The maximum atomic E-state index is 11.9. The van der Waals surface area contributed by atoms with Crippen molar-refractivity contribution in [2.45, 2.75) is 13.8 Å². The fourth-order valence-electron chi connectivity index (χ4n) is 1.76. The number of thiophene rings is 1. The first-order valence-corrected chi connectivity index (χ1v) is 6.84. The number of carbonyl (C=O) groups is 1. The molecule has 0 aliphatic carbocycles. The van der Waals surface area contributed by atoms with Crippen LogP contribution >= 0.6 is 11.3 Å². The van der Waals surface area contributed by atoms with Gasteiger partial charge in [-0.2, -0.15) is 0 Å². The Bertz CT molecular complexity index is 536. The van der Waals surface area contributed by atoms with Gasteiger partial charge in [0.2, 0.25) is 5.91 Å². The predicted molar refractivity (Wildman–Crippen MR) is 73.8 cm³/mol. The SMILES string of the molecule is CCN(CC)C(=O)CNc1ncnc2ccsc12. The maximum absolute atomic E-state index is 11.9. The molecule has 0 saturated carbocycles. The van der Waals surface area contributed by atoms with E-state index in [4.69, 9.17) is 0 Å². The van der Waals surface area contributed by atoms with Gasteiger partial charge in [0, 0.05) is 13.1 Å². The van der Waals surface area contributed by atoms with Crippen LogP contribution in [0.5, 0.6) is 0 Å². The van der Waals surface area contributed by atoms with E-state index in [1.807, 2.05) is 25.3 Å². The van der Waals surface area contributed by atoms with Gasteiger partial charge < -0.3 is 10.2 Å². The monoisotopic (exact) mass is 264 g/mol. The molecule has 0 saturated heterocycles. The Hall–Kier alpha value is -1.69. The molecule has 18 heavy (non-hydrogen) atoms. The van der Waals surface area contributed by atoms with Crippen LogP contribution < -0.4 is 5.32 Å². The standard InChI is InChI=1S/C12H16N4OS/c1-3-16(4-2)10(17)7-13-12-11-9(5-6-18-11)14-8-15-12/h5-6,8H,3-4,7H2,1-2H3,(H,13,14,15). The minimum absolute atomic E-state index is 0.0864. The number of hydrogen-bond acceptors (Lipinski definition) is 5. The van der Waals surface area contributed by atoms with Crippen molar-refractivity contribution in [2.75, 3.05) is 25.0 Å². The molecule has 1 amide bonds. The van der Waals surface area contributed by atoms with Crippen molar-refractivity contribution in [2.24, 2.45) is 0 Å². The molecule has 0 spiro atoms. The average Bonchev–Trinajstić information content (AvgIpc) is 2.86. The van der Waals surface area contributed by atoms with Crippen LogP contribution in [-0.2, 0) is 4.79 Å². The molecule has 96 valence electrons. The molecule has 0 aromatic carbocycles. The summed E-state index contributed by atoms with van der Waals surface area (Å²) in [7, 11) is 0. The third-order valence-corrected chi connectivity index (χ3v) is 3.68. The minimum Gasteiger partial charge on any atom is -0.360 e. The molecule has 2 aromatic heterocycles. The van der Waals surface area contributed by atoms with Gasteiger partial charge in [-0.3, -0.25) is 4.79 Å². The topological polar surface area (TPSA) is 58.1 Å². The fourth-order valence-corrected chi connectivity index (χ4v) is 2.57. The van der Waals surface area contributed by atoms with E-state index in [0.717, 1.165) is 29.1 Å². The fraction of sp³-hybridized carbons (Fsp3) is 0.417. The quantitative estimate of drug-likeness (QED) is 0.897. The van der Waals surface area contributed by atoms with Crippen molar-refractivity contribution < 1.29 is 4.79 Å². The molecule has 6 heteroatoms. The van der Waals surface area contributed by atoms with Crippen LogP contribution in [0.3, 0.4) is 0 Å². The van der Waals surface area contributed by atoms with Crippen molar-refractivity contribution in [3.63, 3.8) is 0 Å².